The minimum Gasteiger partial charge on any atom is -0.480 e. The molecule has 0 saturated carbocycles. The SMILES string of the molecule is CCC(NS(=O)(=O)c1cc2c(cc1Br)NC(=O)C2)C(=O)O. The summed E-state index contributed by atoms with van der Waals surface area (Å²) in [6.45, 7) is 1.57. The lowest BCUT2D eigenvalue weighted by molar-refractivity contribution is -0.139. The number of fused-ring (bicyclic) bond motifs is 1. The highest BCUT2D eigenvalue weighted by Crippen LogP contribution is 2.32. The van der Waals surface area contributed by atoms with Crippen LogP contribution in [0.15, 0.2) is 21.5 Å². The first kappa shape index (κ1) is 15.9. The molecule has 7 nitrogen and oxygen atoms in total. The van der Waals surface area contributed by atoms with Gasteiger partial charge in [0.05, 0.1) is 11.3 Å². The van der Waals surface area contributed by atoms with Gasteiger partial charge in [-0.2, -0.15) is 4.72 Å². The third-order valence-corrected chi connectivity index (χ3v) is 5.51. The zero-order valence-electron chi connectivity index (χ0n) is 11.0. The Morgan fingerprint density at radius 1 is 1.52 bits per heavy atom. The Hall–Kier alpha value is -1.45. The lowest BCUT2D eigenvalue weighted by Crippen LogP contribution is -2.40. The molecule has 114 valence electrons. The molecule has 9 heteroatoms. The number of hydrogen-bond acceptors (Lipinski definition) is 4. The van der Waals surface area contributed by atoms with Crippen LogP contribution in [0.25, 0.3) is 0 Å². The number of hydrogen-bond donors (Lipinski definition) is 3. The molecule has 1 amide bonds. The van der Waals surface area contributed by atoms with Crippen LogP contribution in [0, 0.1) is 0 Å². The standard InChI is InChI=1S/C12H13BrN2O5S/c1-2-8(12(17)18)15-21(19,20)10-3-6-4-11(16)14-9(6)5-7(10)13/h3,5,8,15H,2,4H2,1H3,(H,14,16)(H,17,18). The van der Waals surface area contributed by atoms with Crippen molar-refractivity contribution in [2.45, 2.75) is 30.7 Å². The van der Waals surface area contributed by atoms with Gasteiger partial charge < -0.3 is 10.4 Å². The van der Waals surface area contributed by atoms with Gasteiger partial charge in [-0.3, -0.25) is 9.59 Å². The van der Waals surface area contributed by atoms with E-state index >= 15 is 0 Å². The van der Waals surface area contributed by atoms with Crippen molar-refractivity contribution >= 4 is 43.5 Å². The second-order valence-electron chi connectivity index (χ2n) is 4.59. The van der Waals surface area contributed by atoms with E-state index < -0.39 is 22.0 Å². The van der Waals surface area contributed by atoms with E-state index in [1.807, 2.05) is 0 Å². The van der Waals surface area contributed by atoms with Gasteiger partial charge in [0.2, 0.25) is 15.9 Å². The van der Waals surface area contributed by atoms with Crippen LogP contribution in [0.5, 0.6) is 0 Å². The zero-order valence-corrected chi connectivity index (χ0v) is 13.4. The Kier molecular flexibility index (Phi) is 4.35. The van der Waals surface area contributed by atoms with Gasteiger partial charge in [0, 0.05) is 10.2 Å². The second-order valence-corrected chi connectivity index (χ2v) is 7.12. The minimum atomic E-state index is -4.00. The van der Waals surface area contributed by atoms with Crippen molar-refractivity contribution in [1.29, 1.82) is 0 Å². The van der Waals surface area contributed by atoms with Gasteiger partial charge in [-0.25, -0.2) is 8.42 Å². The van der Waals surface area contributed by atoms with Crippen LogP contribution < -0.4 is 10.0 Å². The fourth-order valence-corrected chi connectivity index (χ4v) is 4.36. The molecule has 1 aliphatic heterocycles. The molecule has 0 saturated heterocycles. The highest BCUT2D eigenvalue weighted by Gasteiger charge is 2.28. The number of carbonyl (C=O) groups is 2. The van der Waals surface area contributed by atoms with Crippen molar-refractivity contribution < 1.29 is 23.1 Å². The Morgan fingerprint density at radius 3 is 2.76 bits per heavy atom. The van der Waals surface area contributed by atoms with Crippen LogP contribution in [0.4, 0.5) is 5.69 Å². The van der Waals surface area contributed by atoms with Gasteiger partial charge in [0.15, 0.2) is 0 Å². The van der Waals surface area contributed by atoms with E-state index in [1.54, 1.807) is 6.92 Å². The van der Waals surface area contributed by atoms with Gasteiger partial charge in [0.25, 0.3) is 0 Å². The maximum atomic E-state index is 12.3. The van der Waals surface area contributed by atoms with Crippen LogP contribution in [-0.2, 0) is 26.0 Å². The lowest BCUT2D eigenvalue weighted by atomic mass is 10.2. The number of nitrogens with one attached hydrogen (secondary N) is 2. The maximum absolute atomic E-state index is 12.3. The number of carboxylic acids is 1. The number of aliphatic carboxylic acids is 1. The summed E-state index contributed by atoms with van der Waals surface area (Å²) in [4.78, 5) is 22.2. The molecule has 1 heterocycles. The van der Waals surface area contributed by atoms with Crippen molar-refractivity contribution in [3.05, 3.63) is 22.2 Å². The van der Waals surface area contributed by atoms with E-state index in [9.17, 15) is 18.0 Å². The average Bonchev–Trinajstić information content (AvgIpc) is 2.73. The Balaban J connectivity index is 2.39. The molecule has 0 fully saturated rings. The number of benzene rings is 1. The summed E-state index contributed by atoms with van der Waals surface area (Å²) in [5.74, 6) is -1.45. The highest BCUT2D eigenvalue weighted by molar-refractivity contribution is 9.10. The average molecular weight is 377 g/mol. The second kappa shape index (κ2) is 5.74. The summed E-state index contributed by atoms with van der Waals surface area (Å²) >= 11 is 3.14. The Morgan fingerprint density at radius 2 is 2.19 bits per heavy atom. The van der Waals surface area contributed by atoms with Gasteiger partial charge in [-0.15, -0.1) is 0 Å². The number of amides is 1. The van der Waals surface area contributed by atoms with Gasteiger partial charge in [0.1, 0.15) is 6.04 Å². The minimum absolute atomic E-state index is 0.0857. The van der Waals surface area contributed by atoms with Crippen molar-refractivity contribution in [3.8, 4) is 0 Å². The van der Waals surface area contributed by atoms with Crippen molar-refractivity contribution in [2.24, 2.45) is 0 Å². The molecule has 0 bridgehead atoms. The third kappa shape index (κ3) is 3.25. The Bertz CT molecular complexity index is 717. The third-order valence-electron chi connectivity index (χ3n) is 3.08. The number of anilines is 1. The molecule has 0 aliphatic carbocycles. The van der Waals surface area contributed by atoms with Crippen LogP contribution in [0.2, 0.25) is 0 Å². The number of carbonyl (C=O) groups excluding carboxylic acids is 1. The van der Waals surface area contributed by atoms with Gasteiger partial charge in [-0.05, 0) is 40.0 Å². The fraction of sp³-hybridized carbons (Fsp3) is 0.333. The van der Waals surface area contributed by atoms with E-state index in [4.69, 9.17) is 5.11 Å². The quantitative estimate of drug-likeness (QED) is 0.711. The summed E-state index contributed by atoms with van der Waals surface area (Å²) in [6, 6.07) is 1.67. The van der Waals surface area contributed by atoms with Crippen molar-refractivity contribution in [2.75, 3.05) is 5.32 Å². The van der Waals surface area contributed by atoms with Crippen LogP contribution in [0.1, 0.15) is 18.9 Å². The lowest BCUT2D eigenvalue weighted by Gasteiger charge is -2.14. The smallest absolute Gasteiger partial charge is 0.321 e. The number of halogens is 1. The predicted octanol–water partition coefficient (Wildman–Crippen LogP) is 1.09. The topological polar surface area (TPSA) is 113 Å². The molecule has 21 heavy (non-hydrogen) atoms. The van der Waals surface area contributed by atoms with Crippen LogP contribution in [-0.4, -0.2) is 31.4 Å². The molecule has 2 rings (SSSR count). The molecule has 0 aromatic heterocycles. The predicted molar refractivity (Wildman–Crippen MR) is 78.5 cm³/mol. The van der Waals surface area contributed by atoms with E-state index in [-0.39, 0.29) is 28.1 Å². The van der Waals surface area contributed by atoms with Crippen LogP contribution in [0.3, 0.4) is 0 Å². The largest absolute Gasteiger partial charge is 0.480 e. The van der Waals surface area contributed by atoms with Crippen molar-refractivity contribution in [3.63, 3.8) is 0 Å². The van der Waals surface area contributed by atoms with E-state index in [0.717, 1.165) is 0 Å². The molecular weight excluding hydrogens is 364 g/mol. The summed E-state index contributed by atoms with van der Waals surface area (Å²) in [7, 11) is -4.00. The summed E-state index contributed by atoms with van der Waals surface area (Å²) in [5, 5.41) is 11.6. The first-order chi connectivity index (χ1) is 9.74. The van der Waals surface area contributed by atoms with Crippen molar-refractivity contribution in [1.82, 2.24) is 4.72 Å². The molecule has 1 aromatic carbocycles. The number of rotatable bonds is 5. The molecule has 1 unspecified atom stereocenters. The zero-order chi connectivity index (χ0) is 15.8. The molecular formula is C12H13BrN2O5S. The Labute approximate surface area is 129 Å². The summed E-state index contributed by atoms with van der Waals surface area (Å²) < 4.78 is 27.0. The summed E-state index contributed by atoms with van der Waals surface area (Å²) in [6.07, 6.45) is 0.221. The highest BCUT2D eigenvalue weighted by atomic mass is 79.9. The van der Waals surface area contributed by atoms with Gasteiger partial charge >= 0.3 is 5.97 Å². The summed E-state index contributed by atoms with van der Waals surface area (Å²) in [5.41, 5.74) is 1.11. The van der Waals surface area contributed by atoms with E-state index in [0.29, 0.717) is 11.3 Å². The molecule has 1 atom stereocenters. The normalized spacial score (nSPS) is 15.4. The molecule has 1 aliphatic rings. The molecule has 3 N–H and O–H groups in total. The fourth-order valence-electron chi connectivity index (χ4n) is 1.99. The van der Waals surface area contributed by atoms with Gasteiger partial charge in [-0.1, -0.05) is 6.92 Å². The maximum Gasteiger partial charge on any atom is 0.321 e. The first-order valence-electron chi connectivity index (χ1n) is 6.12. The monoisotopic (exact) mass is 376 g/mol. The van der Waals surface area contributed by atoms with Crippen LogP contribution >= 0.6 is 15.9 Å². The van der Waals surface area contributed by atoms with E-state index in [1.165, 1.54) is 12.1 Å². The number of sulfonamides is 1. The molecule has 0 radical (unpaired) electrons. The molecule has 1 aromatic rings. The molecule has 0 spiro atoms. The first-order valence-corrected chi connectivity index (χ1v) is 8.39. The van der Waals surface area contributed by atoms with E-state index in [2.05, 4.69) is 26.0 Å². The number of carboxylic acid groups (broad SMARTS) is 1.